The maximum Gasteiger partial charge on any atom is 0.269 e. The number of carbonyl (C=O) groups excluding carboxylic acids is 1. The Bertz CT molecular complexity index is 1030. The Morgan fingerprint density at radius 2 is 1.87 bits per heavy atom. The van der Waals surface area contributed by atoms with Crippen LogP contribution in [-0.4, -0.2) is 32.9 Å². The van der Waals surface area contributed by atoms with E-state index in [0.717, 1.165) is 42.8 Å². The van der Waals surface area contributed by atoms with Crippen LogP contribution < -0.4 is 22.1 Å². The van der Waals surface area contributed by atoms with E-state index in [-0.39, 0.29) is 17.8 Å². The molecule has 0 spiro atoms. The van der Waals surface area contributed by atoms with Gasteiger partial charge in [0.15, 0.2) is 5.69 Å². The van der Waals surface area contributed by atoms with Gasteiger partial charge in [-0.25, -0.2) is 9.97 Å². The van der Waals surface area contributed by atoms with E-state index in [2.05, 4.69) is 25.6 Å². The SMILES string of the molecule is NC(=O)c1ncc(N[C@@H]2CCCC[C@@H]2N)cc1Nc1cccc(-c2ccccn2)n1. The first-order chi connectivity index (χ1) is 14.6. The normalized spacial score (nSPS) is 18.6. The molecule has 30 heavy (non-hydrogen) atoms. The molecule has 6 N–H and O–H groups in total. The summed E-state index contributed by atoms with van der Waals surface area (Å²) >= 11 is 0. The van der Waals surface area contributed by atoms with Gasteiger partial charge in [-0.3, -0.25) is 9.78 Å². The van der Waals surface area contributed by atoms with E-state index in [0.29, 0.717) is 11.5 Å². The van der Waals surface area contributed by atoms with Gasteiger partial charge >= 0.3 is 0 Å². The van der Waals surface area contributed by atoms with Gasteiger partial charge in [0, 0.05) is 18.3 Å². The van der Waals surface area contributed by atoms with E-state index >= 15 is 0 Å². The van der Waals surface area contributed by atoms with Crippen molar-refractivity contribution in [3.63, 3.8) is 0 Å². The van der Waals surface area contributed by atoms with Crippen molar-refractivity contribution in [1.82, 2.24) is 15.0 Å². The minimum absolute atomic E-state index is 0.0997. The fourth-order valence-corrected chi connectivity index (χ4v) is 3.69. The second-order valence-corrected chi connectivity index (χ2v) is 7.43. The van der Waals surface area contributed by atoms with Crippen LogP contribution in [-0.2, 0) is 0 Å². The van der Waals surface area contributed by atoms with Crippen LogP contribution in [0.25, 0.3) is 11.4 Å². The number of primary amides is 1. The van der Waals surface area contributed by atoms with E-state index < -0.39 is 5.91 Å². The Kier molecular flexibility index (Phi) is 5.85. The topological polar surface area (TPSA) is 132 Å². The monoisotopic (exact) mass is 403 g/mol. The lowest BCUT2D eigenvalue weighted by Gasteiger charge is -2.30. The van der Waals surface area contributed by atoms with Crippen LogP contribution in [0.15, 0.2) is 54.9 Å². The van der Waals surface area contributed by atoms with Gasteiger partial charge in [-0.2, -0.15) is 0 Å². The molecule has 0 aliphatic heterocycles. The van der Waals surface area contributed by atoms with Crippen molar-refractivity contribution in [2.75, 3.05) is 10.6 Å². The lowest BCUT2D eigenvalue weighted by Crippen LogP contribution is -2.42. The molecule has 3 aromatic rings. The standard InChI is InChI=1S/C22H25N7O/c23-15-6-1-2-7-16(15)27-14-12-19(21(22(24)30)26-13-14)29-20-10-5-9-18(28-20)17-8-3-4-11-25-17/h3-5,8-13,15-16,27H,1-2,6-7,23H2,(H2,24,30)(H,28,29)/t15-,16+/m0/s1. The minimum atomic E-state index is -0.612. The van der Waals surface area contributed by atoms with Gasteiger partial charge in [0.1, 0.15) is 5.82 Å². The minimum Gasteiger partial charge on any atom is -0.379 e. The molecule has 1 fully saturated rings. The predicted molar refractivity (Wildman–Crippen MR) is 117 cm³/mol. The maximum atomic E-state index is 11.9. The number of nitrogens with zero attached hydrogens (tertiary/aromatic N) is 3. The summed E-state index contributed by atoms with van der Waals surface area (Å²) in [6, 6.07) is 13.3. The van der Waals surface area contributed by atoms with Gasteiger partial charge in [0.25, 0.3) is 5.91 Å². The van der Waals surface area contributed by atoms with E-state index in [9.17, 15) is 4.79 Å². The van der Waals surface area contributed by atoms with Crippen molar-refractivity contribution >= 4 is 23.1 Å². The van der Waals surface area contributed by atoms with Crippen molar-refractivity contribution in [2.24, 2.45) is 11.5 Å². The van der Waals surface area contributed by atoms with Gasteiger partial charge < -0.3 is 22.1 Å². The summed E-state index contributed by atoms with van der Waals surface area (Å²) in [7, 11) is 0. The molecule has 3 heterocycles. The molecule has 2 atom stereocenters. The predicted octanol–water partition coefficient (Wildman–Crippen LogP) is 3.06. The molecule has 1 aliphatic carbocycles. The fraction of sp³-hybridized carbons (Fsp3) is 0.273. The fourth-order valence-electron chi connectivity index (χ4n) is 3.69. The molecule has 1 saturated carbocycles. The summed E-state index contributed by atoms with van der Waals surface area (Å²) in [5.74, 6) is -0.0479. The number of carbonyl (C=O) groups is 1. The third-order valence-electron chi connectivity index (χ3n) is 5.23. The Morgan fingerprint density at radius 3 is 2.63 bits per heavy atom. The zero-order chi connectivity index (χ0) is 20.9. The van der Waals surface area contributed by atoms with E-state index in [4.69, 9.17) is 11.5 Å². The summed E-state index contributed by atoms with van der Waals surface area (Å²) in [4.78, 5) is 25.1. The summed E-state index contributed by atoms with van der Waals surface area (Å²) < 4.78 is 0. The smallest absolute Gasteiger partial charge is 0.269 e. The third-order valence-corrected chi connectivity index (χ3v) is 5.23. The number of hydrogen-bond acceptors (Lipinski definition) is 7. The largest absolute Gasteiger partial charge is 0.379 e. The maximum absolute atomic E-state index is 11.9. The van der Waals surface area contributed by atoms with Crippen molar-refractivity contribution < 1.29 is 4.79 Å². The number of anilines is 3. The highest BCUT2D eigenvalue weighted by atomic mass is 16.1. The summed E-state index contributed by atoms with van der Waals surface area (Å²) in [5.41, 5.74) is 14.7. The Hall–Kier alpha value is -3.52. The number of rotatable bonds is 6. The molecule has 0 unspecified atom stereocenters. The van der Waals surface area contributed by atoms with Crippen molar-refractivity contribution in [2.45, 2.75) is 37.8 Å². The van der Waals surface area contributed by atoms with Gasteiger partial charge in [-0.05, 0) is 43.2 Å². The van der Waals surface area contributed by atoms with Gasteiger partial charge in [-0.1, -0.05) is 25.0 Å². The lowest BCUT2D eigenvalue weighted by atomic mass is 9.91. The quantitative estimate of drug-likeness (QED) is 0.497. The second kappa shape index (κ2) is 8.87. The molecule has 0 aromatic carbocycles. The highest BCUT2D eigenvalue weighted by molar-refractivity contribution is 5.97. The Labute approximate surface area is 175 Å². The summed E-state index contributed by atoms with van der Waals surface area (Å²) in [6.07, 6.45) is 7.65. The number of amides is 1. The Balaban J connectivity index is 1.60. The number of hydrogen-bond donors (Lipinski definition) is 4. The first-order valence-electron chi connectivity index (χ1n) is 10.1. The third kappa shape index (κ3) is 4.55. The molecule has 154 valence electrons. The van der Waals surface area contributed by atoms with Crippen molar-refractivity contribution in [3.05, 3.63) is 60.6 Å². The van der Waals surface area contributed by atoms with Gasteiger partial charge in [0.05, 0.1) is 29.0 Å². The molecule has 8 heteroatoms. The highest BCUT2D eigenvalue weighted by Crippen LogP contribution is 2.26. The van der Waals surface area contributed by atoms with E-state index in [1.807, 2.05) is 42.5 Å². The molecule has 0 radical (unpaired) electrons. The number of pyridine rings is 3. The molecule has 8 nitrogen and oxygen atoms in total. The first kappa shape index (κ1) is 19.8. The average Bonchev–Trinajstić information content (AvgIpc) is 2.76. The van der Waals surface area contributed by atoms with Gasteiger partial charge in [0.2, 0.25) is 0 Å². The van der Waals surface area contributed by atoms with Crippen LogP contribution in [0.4, 0.5) is 17.2 Å². The van der Waals surface area contributed by atoms with Gasteiger partial charge in [-0.15, -0.1) is 0 Å². The Morgan fingerprint density at radius 1 is 1.03 bits per heavy atom. The molecule has 1 amide bonds. The van der Waals surface area contributed by atoms with Crippen LogP contribution in [0.2, 0.25) is 0 Å². The highest BCUT2D eigenvalue weighted by Gasteiger charge is 2.22. The molecule has 1 aliphatic rings. The molecule has 4 rings (SSSR count). The number of nitrogens with two attached hydrogens (primary N) is 2. The zero-order valence-electron chi connectivity index (χ0n) is 16.6. The molecule has 0 saturated heterocycles. The van der Waals surface area contributed by atoms with E-state index in [1.54, 1.807) is 12.4 Å². The van der Waals surface area contributed by atoms with Crippen LogP contribution >= 0.6 is 0 Å². The average molecular weight is 403 g/mol. The summed E-state index contributed by atoms with van der Waals surface area (Å²) in [5, 5.41) is 6.63. The molecule has 0 bridgehead atoms. The molecule has 3 aromatic heterocycles. The van der Waals surface area contributed by atoms with Crippen molar-refractivity contribution in [1.29, 1.82) is 0 Å². The van der Waals surface area contributed by atoms with Crippen molar-refractivity contribution in [3.8, 4) is 11.4 Å². The van der Waals surface area contributed by atoms with E-state index in [1.165, 1.54) is 0 Å². The van der Waals surface area contributed by atoms with Crippen LogP contribution in [0.3, 0.4) is 0 Å². The zero-order valence-corrected chi connectivity index (χ0v) is 16.6. The second-order valence-electron chi connectivity index (χ2n) is 7.43. The number of nitrogens with one attached hydrogen (secondary N) is 2. The van der Waals surface area contributed by atoms with Crippen LogP contribution in [0, 0.1) is 0 Å². The van der Waals surface area contributed by atoms with Crippen LogP contribution in [0.1, 0.15) is 36.2 Å². The number of aromatic nitrogens is 3. The van der Waals surface area contributed by atoms with Crippen LogP contribution in [0.5, 0.6) is 0 Å². The molecular weight excluding hydrogens is 378 g/mol. The molecular formula is C22H25N7O. The lowest BCUT2D eigenvalue weighted by molar-refractivity contribution is 0.0996. The summed E-state index contributed by atoms with van der Waals surface area (Å²) in [6.45, 7) is 0. The first-order valence-corrected chi connectivity index (χ1v) is 10.1.